The average molecular weight is 319 g/mol. The Kier molecular flexibility index (Phi) is 4.15. The summed E-state index contributed by atoms with van der Waals surface area (Å²) in [4.78, 5) is 0. The number of benzene rings is 2. The van der Waals surface area contributed by atoms with Gasteiger partial charge < -0.3 is 10.1 Å². The van der Waals surface area contributed by atoms with E-state index in [9.17, 15) is 0 Å². The lowest BCUT2D eigenvalue weighted by atomic mass is 10.0. The average Bonchev–Trinajstić information content (AvgIpc) is 3.13. The van der Waals surface area contributed by atoms with Gasteiger partial charge in [-0.25, -0.2) is 0 Å². The van der Waals surface area contributed by atoms with Gasteiger partial charge in [-0.2, -0.15) is 5.10 Å². The summed E-state index contributed by atoms with van der Waals surface area (Å²) in [7, 11) is 0. The SMILES string of the molecule is Cc1ccc(-c2cc(-c3ccc(C4CNCCO4)cc3)n[nH]2)cc1. The molecular weight excluding hydrogens is 298 g/mol. The van der Waals surface area contributed by atoms with E-state index in [1.807, 2.05) is 0 Å². The van der Waals surface area contributed by atoms with Gasteiger partial charge in [-0.05, 0) is 24.1 Å². The summed E-state index contributed by atoms with van der Waals surface area (Å²) < 4.78 is 5.80. The number of hydrogen-bond donors (Lipinski definition) is 2. The Morgan fingerprint density at radius 1 is 1.00 bits per heavy atom. The van der Waals surface area contributed by atoms with E-state index in [0.29, 0.717) is 0 Å². The van der Waals surface area contributed by atoms with Crippen LogP contribution in [0.4, 0.5) is 0 Å². The number of rotatable bonds is 3. The van der Waals surface area contributed by atoms with E-state index >= 15 is 0 Å². The molecular formula is C20H21N3O. The van der Waals surface area contributed by atoms with Gasteiger partial charge in [0.25, 0.3) is 0 Å². The minimum Gasteiger partial charge on any atom is -0.371 e. The van der Waals surface area contributed by atoms with E-state index in [1.165, 1.54) is 11.1 Å². The fraction of sp³-hybridized carbons (Fsp3) is 0.250. The molecule has 4 heteroatoms. The molecule has 0 bridgehead atoms. The third-order valence-corrected chi connectivity index (χ3v) is 4.45. The van der Waals surface area contributed by atoms with Crippen molar-refractivity contribution in [3.8, 4) is 22.5 Å². The molecule has 1 unspecified atom stereocenters. The Morgan fingerprint density at radius 3 is 2.46 bits per heavy atom. The summed E-state index contributed by atoms with van der Waals surface area (Å²) in [6.45, 7) is 4.67. The molecule has 1 aliphatic rings. The molecule has 24 heavy (non-hydrogen) atoms. The summed E-state index contributed by atoms with van der Waals surface area (Å²) in [6, 6.07) is 19.0. The van der Waals surface area contributed by atoms with Gasteiger partial charge >= 0.3 is 0 Å². The molecule has 2 N–H and O–H groups in total. The monoisotopic (exact) mass is 319 g/mol. The number of aromatic amines is 1. The van der Waals surface area contributed by atoms with Crippen molar-refractivity contribution in [3.05, 3.63) is 65.7 Å². The molecule has 1 aliphatic heterocycles. The Balaban J connectivity index is 1.54. The second kappa shape index (κ2) is 6.59. The van der Waals surface area contributed by atoms with Gasteiger partial charge in [0.05, 0.1) is 24.1 Å². The number of ether oxygens (including phenoxy) is 1. The molecule has 0 radical (unpaired) electrons. The van der Waals surface area contributed by atoms with Crippen LogP contribution in [-0.2, 0) is 4.74 Å². The fourth-order valence-electron chi connectivity index (χ4n) is 3.00. The number of morpholine rings is 1. The number of nitrogens with zero attached hydrogens (tertiary/aromatic N) is 1. The van der Waals surface area contributed by atoms with Crippen LogP contribution in [0.15, 0.2) is 54.6 Å². The largest absolute Gasteiger partial charge is 0.371 e. The summed E-state index contributed by atoms with van der Waals surface area (Å²) in [6.07, 6.45) is 0.148. The lowest BCUT2D eigenvalue weighted by molar-refractivity contribution is 0.0277. The highest BCUT2D eigenvalue weighted by Gasteiger charge is 2.15. The zero-order valence-electron chi connectivity index (χ0n) is 13.8. The van der Waals surface area contributed by atoms with Gasteiger partial charge in [-0.15, -0.1) is 0 Å². The number of H-pyrrole nitrogens is 1. The van der Waals surface area contributed by atoms with Gasteiger partial charge in [0, 0.05) is 18.7 Å². The van der Waals surface area contributed by atoms with Gasteiger partial charge in [0.15, 0.2) is 0 Å². The van der Waals surface area contributed by atoms with Crippen molar-refractivity contribution in [2.24, 2.45) is 0 Å². The number of nitrogens with one attached hydrogen (secondary N) is 2. The van der Waals surface area contributed by atoms with Crippen LogP contribution in [0.2, 0.25) is 0 Å². The second-order valence-electron chi connectivity index (χ2n) is 6.22. The third-order valence-electron chi connectivity index (χ3n) is 4.45. The summed E-state index contributed by atoms with van der Waals surface area (Å²) in [5.74, 6) is 0. The highest BCUT2D eigenvalue weighted by atomic mass is 16.5. The zero-order valence-corrected chi connectivity index (χ0v) is 13.8. The molecule has 4 nitrogen and oxygen atoms in total. The molecule has 122 valence electrons. The minimum atomic E-state index is 0.148. The van der Waals surface area contributed by atoms with Crippen molar-refractivity contribution >= 4 is 0 Å². The Bertz CT molecular complexity index is 800. The summed E-state index contributed by atoms with van der Waals surface area (Å²) in [5.41, 5.74) is 6.72. The summed E-state index contributed by atoms with van der Waals surface area (Å²) in [5, 5.41) is 11.0. The topological polar surface area (TPSA) is 49.9 Å². The maximum Gasteiger partial charge on any atom is 0.0949 e. The first-order valence-corrected chi connectivity index (χ1v) is 8.35. The van der Waals surface area contributed by atoms with Crippen molar-refractivity contribution in [2.45, 2.75) is 13.0 Å². The highest BCUT2D eigenvalue weighted by molar-refractivity contribution is 5.68. The fourth-order valence-corrected chi connectivity index (χ4v) is 3.00. The predicted octanol–water partition coefficient (Wildman–Crippen LogP) is 3.71. The molecule has 2 heterocycles. The molecule has 0 aliphatic carbocycles. The quantitative estimate of drug-likeness (QED) is 0.774. The van der Waals surface area contributed by atoms with Crippen molar-refractivity contribution in [1.82, 2.24) is 15.5 Å². The van der Waals surface area contributed by atoms with Crippen LogP contribution in [0.1, 0.15) is 17.2 Å². The van der Waals surface area contributed by atoms with E-state index in [1.54, 1.807) is 0 Å². The smallest absolute Gasteiger partial charge is 0.0949 e. The van der Waals surface area contributed by atoms with Crippen LogP contribution in [0.25, 0.3) is 22.5 Å². The van der Waals surface area contributed by atoms with Gasteiger partial charge in [0.2, 0.25) is 0 Å². The number of aryl methyl sites for hydroxylation is 1. The van der Waals surface area contributed by atoms with E-state index in [0.717, 1.165) is 42.2 Å². The maximum atomic E-state index is 5.80. The van der Waals surface area contributed by atoms with E-state index in [4.69, 9.17) is 4.74 Å². The predicted molar refractivity (Wildman–Crippen MR) is 95.8 cm³/mol. The Hall–Kier alpha value is -2.43. The molecule has 0 amide bonds. The first-order chi connectivity index (χ1) is 11.8. The van der Waals surface area contributed by atoms with Crippen molar-refractivity contribution in [1.29, 1.82) is 0 Å². The van der Waals surface area contributed by atoms with Crippen LogP contribution < -0.4 is 5.32 Å². The lowest BCUT2D eigenvalue weighted by Crippen LogP contribution is -2.33. The minimum absolute atomic E-state index is 0.148. The third kappa shape index (κ3) is 3.11. The molecule has 1 atom stereocenters. The first kappa shape index (κ1) is 15.1. The Labute approximate surface area is 141 Å². The van der Waals surface area contributed by atoms with Crippen molar-refractivity contribution < 1.29 is 4.74 Å². The second-order valence-corrected chi connectivity index (χ2v) is 6.22. The van der Waals surface area contributed by atoms with Gasteiger partial charge in [-0.1, -0.05) is 54.1 Å². The molecule has 0 saturated carbocycles. The zero-order chi connectivity index (χ0) is 16.4. The van der Waals surface area contributed by atoms with Crippen LogP contribution >= 0.6 is 0 Å². The molecule has 1 aromatic heterocycles. The van der Waals surface area contributed by atoms with E-state index in [-0.39, 0.29) is 6.10 Å². The molecule has 1 saturated heterocycles. The molecule has 0 spiro atoms. The maximum absolute atomic E-state index is 5.80. The van der Waals surface area contributed by atoms with E-state index in [2.05, 4.69) is 77.0 Å². The number of hydrogen-bond acceptors (Lipinski definition) is 3. The van der Waals surface area contributed by atoms with Crippen LogP contribution in [0.5, 0.6) is 0 Å². The van der Waals surface area contributed by atoms with Gasteiger partial charge in [0.1, 0.15) is 0 Å². The standard InChI is InChI=1S/C20H21N3O/c1-14-2-4-15(5-3-14)18-12-19(23-22-18)16-6-8-17(9-7-16)20-13-21-10-11-24-20/h2-9,12,20-21H,10-11,13H2,1H3,(H,22,23). The van der Waals surface area contributed by atoms with Gasteiger partial charge in [-0.3, -0.25) is 5.10 Å². The summed E-state index contributed by atoms with van der Waals surface area (Å²) >= 11 is 0. The Morgan fingerprint density at radius 2 is 1.75 bits per heavy atom. The van der Waals surface area contributed by atoms with E-state index < -0.39 is 0 Å². The number of aromatic nitrogens is 2. The van der Waals surface area contributed by atoms with Crippen LogP contribution in [0, 0.1) is 6.92 Å². The van der Waals surface area contributed by atoms with Crippen molar-refractivity contribution in [2.75, 3.05) is 19.7 Å². The van der Waals surface area contributed by atoms with Crippen LogP contribution in [0.3, 0.4) is 0 Å². The molecule has 1 fully saturated rings. The highest BCUT2D eigenvalue weighted by Crippen LogP contribution is 2.26. The first-order valence-electron chi connectivity index (χ1n) is 8.35. The lowest BCUT2D eigenvalue weighted by Gasteiger charge is -2.24. The molecule has 3 aromatic rings. The normalized spacial score (nSPS) is 17.8. The molecule has 2 aromatic carbocycles. The van der Waals surface area contributed by atoms with Crippen LogP contribution in [-0.4, -0.2) is 29.9 Å². The molecule has 4 rings (SSSR count). The van der Waals surface area contributed by atoms with Crippen molar-refractivity contribution in [3.63, 3.8) is 0 Å².